The van der Waals surface area contributed by atoms with Crippen molar-refractivity contribution in [2.24, 2.45) is 0 Å². The first-order valence-corrected chi connectivity index (χ1v) is 5.76. The molecule has 1 atom stereocenters. The normalized spacial score (nSPS) is 14.5. The van der Waals surface area contributed by atoms with Gasteiger partial charge in [-0.05, 0) is 18.8 Å². The molecule has 0 aromatic rings. The number of nitrogens with zero attached hydrogens (tertiary/aromatic N) is 1. The van der Waals surface area contributed by atoms with Gasteiger partial charge in [0.2, 0.25) is 22.0 Å². The second-order valence-electron chi connectivity index (χ2n) is 2.07. The Morgan fingerprint density at radius 3 is 2.73 bits per heavy atom. The van der Waals surface area contributed by atoms with Crippen molar-refractivity contribution < 1.29 is 4.92 Å². The number of nitro groups is 1. The fourth-order valence-corrected chi connectivity index (χ4v) is 3.26. The molecule has 0 N–H and O–H groups in total. The Morgan fingerprint density at radius 1 is 1.91 bits per heavy atom. The van der Waals surface area contributed by atoms with Gasteiger partial charge in [-0.3, -0.25) is 10.1 Å². The van der Waals surface area contributed by atoms with Gasteiger partial charge in [0.1, 0.15) is 0 Å². The van der Waals surface area contributed by atoms with Gasteiger partial charge in [0.25, 0.3) is 0 Å². The maximum absolute atomic E-state index is 10.4. The van der Waals surface area contributed by atoms with Gasteiger partial charge >= 0.3 is 0 Å². The second kappa shape index (κ2) is 5.64. The average molecular weight is 189 g/mol. The molecule has 11 heavy (non-hydrogen) atoms. The van der Waals surface area contributed by atoms with E-state index in [1.807, 2.05) is 6.92 Å². The maximum Gasteiger partial charge on any atom is 0.250 e. The van der Waals surface area contributed by atoms with Crippen molar-refractivity contribution in [1.82, 2.24) is 0 Å². The number of thioether (sulfide) groups is 1. The lowest BCUT2D eigenvalue weighted by atomic mass is 10.5. The molecule has 1 unspecified atom stereocenters. The molecule has 0 fully saturated rings. The van der Waals surface area contributed by atoms with Crippen LogP contribution < -0.4 is 0 Å². The summed E-state index contributed by atoms with van der Waals surface area (Å²) in [6, 6.07) is 0. The summed E-state index contributed by atoms with van der Waals surface area (Å²) in [4.78, 5) is 10.1. The van der Waals surface area contributed by atoms with Crippen molar-refractivity contribution in [2.45, 2.75) is 18.0 Å². The summed E-state index contributed by atoms with van der Waals surface area (Å²) >= 11 is 2.49. The molecule has 0 aromatic heterocycles. The first-order valence-electron chi connectivity index (χ1n) is 3.55. The molecule has 0 bridgehead atoms. The fourth-order valence-electron chi connectivity index (χ4n) is 0.824. The van der Waals surface area contributed by atoms with E-state index in [1.165, 1.54) is 0 Å². The Hall–Kier alpha value is 0.0225. The van der Waals surface area contributed by atoms with Crippen LogP contribution in [0.25, 0.3) is 0 Å². The van der Waals surface area contributed by atoms with Gasteiger partial charge in [0.05, 0.1) is 4.92 Å². The minimum Gasteiger partial charge on any atom is -0.259 e. The van der Waals surface area contributed by atoms with Crippen molar-refractivity contribution in [3.05, 3.63) is 21.9 Å². The van der Waals surface area contributed by atoms with E-state index in [1.54, 1.807) is 24.8 Å². The Kier molecular flexibility index (Phi) is 5.66. The third kappa shape index (κ3) is 3.80. The highest BCUT2D eigenvalue weighted by Gasteiger charge is 2.17. The van der Waals surface area contributed by atoms with Crippen LogP contribution in [0.2, 0.25) is 0 Å². The Bertz CT molecular complexity index is 172. The van der Waals surface area contributed by atoms with E-state index in [0.717, 1.165) is 22.0 Å². The molecule has 0 radical (unpaired) electrons. The lowest BCUT2D eigenvalue weighted by Crippen LogP contribution is -2.14. The zero-order valence-electron chi connectivity index (χ0n) is 7.03. The van der Waals surface area contributed by atoms with Crippen LogP contribution in [0.5, 0.6) is 0 Å². The van der Waals surface area contributed by atoms with E-state index in [0.29, 0.717) is 5.70 Å². The molecular weight excluding hydrogens is 177 g/mol. The van der Waals surface area contributed by atoms with Crippen LogP contribution in [0.4, 0.5) is 0 Å². The van der Waals surface area contributed by atoms with Crippen LogP contribution in [-0.2, 0) is 0 Å². The standard InChI is InChI=1S/C6H10NO2S.Al.2H/c1-3-6(7(8)9)5-10-4-2;;;/h3,5H,4H2,1-2H3;;;/b6-3+;;;. The van der Waals surface area contributed by atoms with Crippen molar-refractivity contribution in [3.8, 4) is 0 Å². The first-order chi connectivity index (χ1) is 5.13. The summed E-state index contributed by atoms with van der Waals surface area (Å²) in [5, 5.41) is 10.4. The van der Waals surface area contributed by atoms with E-state index in [9.17, 15) is 10.1 Å². The summed E-state index contributed by atoms with van der Waals surface area (Å²) in [5.74, 6) is 0.944. The molecule has 0 saturated heterocycles. The molecule has 3 nitrogen and oxygen atoms in total. The Labute approximate surface area is 78.8 Å². The van der Waals surface area contributed by atoms with E-state index < -0.39 is 0 Å². The number of hydrogen-bond donors (Lipinski definition) is 0. The van der Waals surface area contributed by atoms with Crippen LogP contribution in [0.1, 0.15) is 13.8 Å². The molecule has 0 aliphatic carbocycles. The minimum absolute atomic E-state index is 0.139. The molecular formula is C6H12AlNO2S. The molecule has 0 spiro atoms. The van der Waals surface area contributed by atoms with Gasteiger partial charge in [-0.25, -0.2) is 0 Å². The van der Waals surface area contributed by atoms with E-state index in [-0.39, 0.29) is 9.04 Å². The van der Waals surface area contributed by atoms with Crippen LogP contribution in [0.3, 0.4) is 0 Å². The quantitative estimate of drug-likeness (QED) is 0.374. The lowest BCUT2D eigenvalue weighted by molar-refractivity contribution is -0.425. The highest BCUT2D eigenvalue weighted by molar-refractivity contribution is 8.01. The second-order valence-corrected chi connectivity index (χ2v) is 5.68. The van der Waals surface area contributed by atoms with E-state index >= 15 is 0 Å². The molecule has 0 aliphatic heterocycles. The van der Waals surface area contributed by atoms with Gasteiger partial charge in [0.15, 0.2) is 0 Å². The number of allylic oxidation sites excluding steroid dienone is 1. The average Bonchev–Trinajstić information content (AvgIpc) is 1.88. The molecule has 0 aromatic carbocycles. The third-order valence-electron chi connectivity index (χ3n) is 1.34. The summed E-state index contributed by atoms with van der Waals surface area (Å²) in [6.45, 7) is 3.74. The van der Waals surface area contributed by atoms with Gasteiger partial charge in [0, 0.05) is 4.11 Å². The summed E-state index contributed by atoms with van der Waals surface area (Å²) in [6.07, 6.45) is 1.60. The maximum atomic E-state index is 10.4. The van der Waals surface area contributed by atoms with Crippen LogP contribution in [0.15, 0.2) is 11.8 Å². The largest absolute Gasteiger partial charge is 0.259 e. The Balaban J connectivity index is 4.16. The van der Waals surface area contributed by atoms with Crippen LogP contribution in [0, 0.1) is 10.1 Å². The predicted molar refractivity (Wildman–Crippen MR) is 51.2 cm³/mol. The Morgan fingerprint density at radius 2 is 2.45 bits per heavy atom. The van der Waals surface area contributed by atoms with Crippen molar-refractivity contribution in [1.29, 1.82) is 0 Å². The van der Waals surface area contributed by atoms with Gasteiger partial charge in [-0.1, -0.05) is 6.92 Å². The highest BCUT2D eigenvalue weighted by Crippen LogP contribution is 2.15. The zero-order chi connectivity index (χ0) is 8.85. The van der Waals surface area contributed by atoms with Crippen molar-refractivity contribution >= 4 is 28.1 Å². The molecule has 5 heteroatoms. The predicted octanol–water partition coefficient (Wildman–Crippen LogP) is 0.879. The topological polar surface area (TPSA) is 43.1 Å². The molecule has 0 amide bonds. The van der Waals surface area contributed by atoms with Crippen LogP contribution >= 0.6 is 11.8 Å². The molecule has 0 rings (SSSR count). The molecule has 0 saturated carbocycles. The van der Waals surface area contributed by atoms with Crippen molar-refractivity contribution in [2.75, 3.05) is 5.75 Å². The first kappa shape index (κ1) is 11.0. The fraction of sp³-hybridized carbons (Fsp3) is 0.667. The van der Waals surface area contributed by atoms with Crippen molar-refractivity contribution in [3.63, 3.8) is 0 Å². The van der Waals surface area contributed by atoms with Gasteiger partial charge < -0.3 is 0 Å². The lowest BCUT2D eigenvalue weighted by Gasteiger charge is -2.05. The molecule has 0 aliphatic rings. The number of hydrogen-bond acceptors (Lipinski definition) is 3. The summed E-state index contributed by atoms with van der Waals surface area (Å²) in [7, 11) is 0. The summed E-state index contributed by atoms with van der Waals surface area (Å²) in [5.41, 5.74) is 0.364. The smallest absolute Gasteiger partial charge is 0.250 e. The van der Waals surface area contributed by atoms with Gasteiger partial charge in [-0.15, -0.1) is 0 Å². The number of rotatable bonds is 4. The molecule has 62 valence electrons. The third-order valence-corrected chi connectivity index (χ3v) is 4.01. The summed E-state index contributed by atoms with van der Waals surface area (Å²) < 4.78 is 0.139. The zero-order valence-corrected chi connectivity index (χ0v) is 9.85. The van der Waals surface area contributed by atoms with Gasteiger partial charge in [-0.2, -0.15) is 11.8 Å². The SMILES string of the molecule is C/C=C(\[CH]([AlH2])SCC)[N+](=O)[O-]. The monoisotopic (exact) mass is 189 g/mol. The highest BCUT2D eigenvalue weighted by atomic mass is 32.2. The minimum atomic E-state index is -0.277. The molecule has 0 heterocycles. The van der Waals surface area contributed by atoms with E-state index in [4.69, 9.17) is 0 Å². The van der Waals surface area contributed by atoms with Crippen LogP contribution in [-0.4, -0.2) is 31.1 Å². The van der Waals surface area contributed by atoms with E-state index in [2.05, 4.69) is 0 Å².